The van der Waals surface area contributed by atoms with Gasteiger partial charge in [0.15, 0.2) is 5.88 Å². The van der Waals surface area contributed by atoms with E-state index in [9.17, 15) is 23.1 Å². The molecule has 0 aromatic carbocycles. The summed E-state index contributed by atoms with van der Waals surface area (Å²) in [5.41, 5.74) is 6.17. The quantitative estimate of drug-likeness (QED) is 0.174. The van der Waals surface area contributed by atoms with E-state index in [0.717, 1.165) is 16.4 Å². The number of nitrogens with two attached hydrogens (primary N) is 1. The monoisotopic (exact) mass is 456 g/mol. The molecule has 0 spiro atoms. The molecule has 0 bridgehead atoms. The zero-order chi connectivity index (χ0) is 18.4. The molecule has 1 saturated heterocycles. The van der Waals surface area contributed by atoms with Gasteiger partial charge < -0.3 is 10.8 Å². The molecular formula is C10H14N6Na2O6S3. The van der Waals surface area contributed by atoms with E-state index in [4.69, 9.17) is 10.3 Å². The fourth-order valence-corrected chi connectivity index (χ4v) is 5.27. The Balaban J connectivity index is 0.00000182. The fourth-order valence-electron chi connectivity index (χ4n) is 2.37. The number of aromatic nitrogens is 4. The van der Waals surface area contributed by atoms with E-state index in [1.54, 1.807) is 0 Å². The second kappa shape index (κ2) is 9.88. The van der Waals surface area contributed by atoms with Crippen LogP contribution in [0.3, 0.4) is 0 Å². The molecule has 3 heterocycles. The van der Waals surface area contributed by atoms with Crippen molar-refractivity contribution >= 4 is 105 Å². The van der Waals surface area contributed by atoms with Crippen LogP contribution in [0.5, 0.6) is 0 Å². The number of nitrogens with zero attached hydrogens (tertiary/aromatic N) is 5. The zero-order valence-electron chi connectivity index (χ0n) is 12.3. The number of amides is 1. The summed E-state index contributed by atoms with van der Waals surface area (Å²) in [4.78, 5) is 24.5. The van der Waals surface area contributed by atoms with Crippen molar-refractivity contribution < 1.29 is 27.7 Å². The van der Waals surface area contributed by atoms with Crippen molar-refractivity contribution in [2.24, 2.45) is 5.73 Å². The van der Waals surface area contributed by atoms with E-state index in [-0.39, 0.29) is 93.4 Å². The molecule has 1 amide bonds. The predicted molar refractivity (Wildman–Crippen MR) is 99.9 cm³/mol. The molecule has 1 unspecified atom stereocenters. The maximum atomic E-state index is 11.7. The first-order valence-corrected chi connectivity index (χ1v) is 10.2. The van der Waals surface area contributed by atoms with Gasteiger partial charge in [-0.15, -0.1) is 16.9 Å². The Hall–Kier alpha value is 0.320. The van der Waals surface area contributed by atoms with Crippen LogP contribution in [0.4, 0.5) is 0 Å². The van der Waals surface area contributed by atoms with Crippen LogP contribution in [-0.4, -0.2) is 131 Å². The van der Waals surface area contributed by atoms with Gasteiger partial charge in [0.05, 0.1) is 17.2 Å². The predicted octanol–water partition coefficient (Wildman–Crippen LogP) is -2.76. The molecular weight excluding hydrogens is 442 g/mol. The van der Waals surface area contributed by atoms with E-state index in [0.29, 0.717) is 5.57 Å². The van der Waals surface area contributed by atoms with Gasteiger partial charge in [-0.1, -0.05) is 11.8 Å². The summed E-state index contributed by atoms with van der Waals surface area (Å²) < 4.78 is 31.6. The molecule has 140 valence electrons. The number of aliphatic carboxylic acids is 1. The molecule has 3 rings (SSSR count). The number of β-lactam (4-membered cyclic amide) rings is 1. The Labute approximate surface area is 206 Å². The molecule has 0 radical (unpaired) electrons. The summed E-state index contributed by atoms with van der Waals surface area (Å²) in [6.45, 7) is 0. The number of rotatable bonds is 6. The topological polar surface area (TPSA) is 182 Å². The fraction of sp³-hybridized carbons (Fsp3) is 0.500. The van der Waals surface area contributed by atoms with Crippen LogP contribution in [0, 0.1) is 0 Å². The number of carboxylic acids is 1. The first-order chi connectivity index (χ1) is 11.7. The number of hydrogen-bond donors (Lipinski definition) is 3. The van der Waals surface area contributed by atoms with Crippen molar-refractivity contribution in [3.05, 3.63) is 11.3 Å². The van der Waals surface area contributed by atoms with Gasteiger partial charge in [0.25, 0.3) is 10.1 Å². The number of carboxylic acid groups (broad SMARTS) is 1. The van der Waals surface area contributed by atoms with Crippen LogP contribution < -0.4 is 5.73 Å². The van der Waals surface area contributed by atoms with Crippen molar-refractivity contribution in [1.82, 2.24) is 25.1 Å². The average Bonchev–Trinajstić information content (AvgIpc) is 2.90. The number of tetrazole rings is 1. The Kier molecular flexibility index (Phi) is 9.28. The molecule has 0 aliphatic carbocycles. The van der Waals surface area contributed by atoms with Gasteiger partial charge in [0.2, 0.25) is 11.1 Å². The minimum atomic E-state index is -4.34. The second-order valence-electron chi connectivity index (χ2n) is 5.12. The zero-order valence-corrected chi connectivity index (χ0v) is 14.8. The molecule has 2 atom stereocenters. The van der Waals surface area contributed by atoms with Gasteiger partial charge in [-0.3, -0.25) is 14.2 Å². The SMILES string of the molecule is NC1S[C@@H]2CC(=O)N2C(C(=O)O)=C1CSc1nnnn1CS(=O)(=O)O.[NaH].[NaH]. The molecule has 2 aliphatic heterocycles. The molecule has 17 heteroatoms. The van der Waals surface area contributed by atoms with Crippen molar-refractivity contribution in [3.8, 4) is 0 Å². The number of fused-ring (bicyclic) bond motifs is 1. The molecule has 27 heavy (non-hydrogen) atoms. The summed E-state index contributed by atoms with van der Waals surface area (Å²) in [7, 11) is -4.34. The summed E-state index contributed by atoms with van der Waals surface area (Å²) in [6, 6.07) is 0. The number of thioether (sulfide) groups is 2. The van der Waals surface area contributed by atoms with Crippen LogP contribution in [0.2, 0.25) is 0 Å². The van der Waals surface area contributed by atoms with E-state index in [2.05, 4.69) is 15.5 Å². The molecule has 1 fully saturated rings. The number of carbonyl (C=O) groups excluding carboxylic acids is 1. The van der Waals surface area contributed by atoms with Gasteiger partial charge in [-0.05, 0) is 16.0 Å². The first kappa shape index (κ1) is 25.4. The Morgan fingerprint density at radius 1 is 1.41 bits per heavy atom. The molecule has 2 aliphatic rings. The molecule has 4 N–H and O–H groups in total. The first-order valence-electron chi connectivity index (χ1n) is 6.71. The second-order valence-corrected chi connectivity index (χ2v) is 8.81. The van der Waals surface area contributed by atoms with Crippen LogP contribution in [-0.2, 0) is 25.6 Å². The van der Waals surface area contributed by atoms with Crippen LogP contribution >= 0.6 is 23.5 Å². The third-order valence-corrected chi connectivity index (χ3v) is 6.29. The maximum absolute atomic E-state index is 11.7. The van der Waals surface area contributed by atoms with Crippen molar-refractivity contribution in [3.63, 3.8) is 0 Å². The summed E-state index contributed by atoms with van der Waals surface area (Å²) in [5, 5.41) is 19.0. The third-order valence-electron chi connectivity index (χ3n) is 3.44. The average molecular weight is 456 g/mol. The van der Waals surface area contributed by atoms with Crippen molar-refractivity contribution in [2.45, 2.75) is 28.2 Å². The summed E-state index contributed by atoms with van der Waals surface area (Å²) >= 11 is 2.23. The van der Waals surface area contributed by atoms with Gasteiger partial charge in [0.1, 0.15) is 5.70 Å². The Morgan fingerprint density at radius 3 is 2.63 bits per heavy atom. The van der Waals surface area contributed by atoms with Gasteiger partial charge in [-0.25, -0.2) is 9.48 Å². The summed E-state index contributed by atoms with van der Waals surface area (Å²) in [6.07, 6.45) is 0.238. The van der Waals surface area contributed by atoms with Crippen LogP contribution in [0.15, 0.2) is 16.4 Å². The minimum absolute atomic E-state index is 0. The van der Waals surface area contributed by atoms with E-state index in [1.165, 1.54) is 16.7 Å². The number of hydrogen-bond acceptors (Lipinski definition) is 10. The normalized spacial score (nSPS) is 21.7. The van der Waals surface area contributed by atoms with Gasteiger partial charge in [-0.2, -0.15) is 8.42 Å². The number of carbonyl (C=O) groups is 2. The standard InChI is InChI=1S/C10H12N6O6S3.2Na.2H/c11-8-4(7(9(18)19)16-5(17)1-6(16)24-8)2-23-10-12-13-14-15(10)3-25(20,21)22;;;;/h6,8H,1-3,11H2,(H,18,19)(H,20,21,22);;;;/t6-,8?;;;;/m1..../s1. The third kappa shape index (κ3) is 5.69. The summed E-state index contributed by atoms with van der Waals surface area (Å²) in [5.74, 6) is -2.35. The van der Waals surface area contributed by atoms with E-state index >= 15 is 0 Å². The Morgan fingerprint density at radius 2 is 2.07 bits per heavy atom. The van der Waals surface area contributed by atoms with Crippen LogP contribution in [0.25, 0.3) is 0 Å². The van der Waals surface area contributed by atoms with E-state index in [1.807, 2.05) is 0 Å². The van der Waals surface area contributed by atoms with Crippen molar-refractivity contribution in [1.29, 1.82) is 0 Å². The molecule has 1 aromatic heterocycles. The molecule has 1 aromatic rings. The van der Waals surface area contributed by atoms with Gasteiger partial charge >= 0.3 is 65.1 Å². The molecule has 12 nitrogen and oxygen atoms in total. The van der Waals surface area contributed by atoms with Crippen molar-refractivity contribution in [2.75, 3.05) is 5.75 Å². The van der Waals surface area contributed by atoms with E-state index < -0.39 is 27.3 Å². The Bertz CT molecular complexity index is 877. The van der Waals surface area contributed by atoms with Crippen LogP contribution in [0.1, 0.15) is 6.42 Å². The van der Waals surface area contributed by atoms with Gasteiger partial charge in [0, 0.05) is 5.75 Å². The molecule has 0 saturated carbocycles.